The fourth-order valence-electron chi connectivity index (χ4n) is 3.66. The molecule has 4 aromatic rings. The number of aldehydes is 1. The van der Waals surface area contributed by atoms with Crippen LogP contribution in [0.25, 0.3) is 33.2 Å². The standard InChI is InChI=1S/C21H20N2O3/c1-25-13-22-18-9-5-3-7-15(18)11-20(22)21-17(12-24)16-8-4-6-10-19(16)23(21)14-26-2/h3-12H,13-14H2,1-2H3. The van der Waals surface area contributed by atoms with Gasteiger partial charge < -0.3 is 18.6 Å². The zero-order chi connectivity index (χ0) is 18.1. The SMILES string of the molecule is COCn1c(-c2c(C=O)c3ccccc3n2COC)cc2ccccc21. The van der Waals surface area contributed by atoms with Crippen LogP contribution in [0.2, 0.25) is 0 Å². The van der Waals surface area contributed by atoms with Crippen molar-refractivity contribution in [2.75, 3.05) is 14.2 Å². The first kappa shape index (κ1) is 16.6. The van der Waals surface area contributed by atoms with Gasteiger partial charge in [-0.2, -0.15) is 0 Å². The highest BCUT2D eigenvalue weighted by Crippen LogP contribution is 2.36. The highest BCUT2D eigenvalue weighted by Gasteiger charge is 2.22. The van der Waals surface area contributed by atoms with Crippen molar-refractivity contribution in [1.82, 2.24) is 9.13 Å². The topological polar surface area (TPSA) is 45.4 Å². The third kappa shape index (κ3) is 2.44. The van der Waals surface area contributed by atoms with Gasteiger partial charge in [0.15, 0.2) is 6.29 Å². The Morgan fingerprint density at radius 2 is 1.54 bits per heavy atom. The molecule has 0 spiro atoms. The largest absolute Gasteiger partial charge is 0.364 e. The molecule has 2 heterocycles. The average Bonchev–Trinajstić information content (AvgIpc) is 3.18. The van der Waals surface area contributed by atoms with Gasteiger partial charge in [-0.1, -0.05) is 36.4 Å². The molecule has 2 aromatic carbocycles. The van der Waals surface area contributed by atoms with Crippen LogP contribution in [0.15, 0.2) is 54.6 Å². The second kappa shape index (κ2) is 6.78. The molecule has 132 valence electrons. The maximum absolute atomic E-state index is 12.0. The summed E-state index contributed by atoms with van der Waals surface area (Å²) < 4.78 is 15.0. The molecule has 0 bridgehead atoms. The molecule has 0 radical (unpaired) electrons. The zero-order valence-electron chi connectivity index (χ0n) is 14.8. The summed E-state index contributed by atoms with van der Waals surface area (Å²) in [7, 11) is 3.33. The highest BCUT2D eigenvalue weighted by molar-refractivity contribution is 6.05. The van der Waals surface area contributed by atoms with Crippen LogP contribution in [-0.2, 0) is 22.9 Å². The zero-order valence-corrected chi connectivity index (χ0v) is 14.8. The first-order chi connectivity index (χ1) is 12.8. The molecule has 0 saturated carbocycles. The van der Waals surface area contributed by atoms with Gasteiger partial charge in [0.25, 0.3) is 0 Å². The summed E-state index contributed by atoms with van der Waals surface area (Å²) in [4.78, 5) is 12.0. The summed E-state index contributed by atoms with van der Waals surface area (Å²) in [6.07, 6.45) is 0.929. The molecule has 0 aliphatic heterocycles. The third-order valence-corrected chi connectivity index (χ3v) is 4.70. The Hall–Kier alpha value is -2.89. The minimum Gasteiger partial charge on any atom is -0.364 e. The van der Waals surface area contributed by atoms with E-state index in [1.165, 1.54) is 0 Å². The lowest BCUT2D eigenvalue weighted by Crippen LogP contribution is -2.08. The third-order valence-electron chi connectivity index (χ3n) is 4.70. The number of hydrogen-bond donors (Lipinski definition) is 0. The van der Waals surface area contributed by atoms with Crippen LogP contribution in [-0.4, -0.2) is 29.6 Å². The van der Waals surface area contributed by atoms with Gasteiger partial charge in [0.05, 0.1) is 22.4 Å². The molecule has 0 N–H and O–H groups in total. The van der Waals surface area contributed by atoms with E-state index in [1.54, 1.807) is 14.2 Å². The normalized spacial score (nSPS) is 11.5. The molecule has 0 amide bonds. The Kier molecular flexibility index (Phi) is 4.32. The highest BCUT2D eigenvalue weighted by atomic mass is 16.5. The van der Waals surface area contributed by atoms with E-state index in [-0.39, 0.29) is 0 Å². The number of methoxy groups -OCH3 is 2. The Labute approximate surface area is 151 Å². The molecular formula is C21H20N2O3. The summed E-state index contributed by atoms with van der Waals surface area (Å²) in [5.74, 6) is 0. The average molecular weight is 348 g/mol. The van der Waals surface area contributed by atoms with E-state index >= 15 is 0 Å². The van der Waals surface area contributed by atoms with E-state index in [4.69, 9.17) is 9.47 Å². The van der Waals surface area contributed by atoms with Crippen LogP contribution in [0, 0.1) is 0 Å². The quantitative estimate of drug-likeness (QED) is 0.489. The van der Waals surface area contributed by atoms with E-state index in [0.29, 0.717) is 19.0 Å². The van der Waals surface area contributed by atoms with Gasteiger partial charge in [0.2, 0.25) is 0 Å². The fourth-order valence-corrected chi connectivity index (χ4v) is 3.66. The smallest absolute Gasteiger partial charge is 0.152 e. The van der Waals surface area contributed by atoms with Crippen LogP contribution in [0.1, 0.15) is 10.4 Å². The molecule has 0 atom stereocenters. The Balaban J connectivity index is 2.11. The number of ether oxygens (including phenoxy) is 2. The van der Waals surface area contributed by atoms with Crippen molar-refractivity contribution in [3.63, 3.8) is 0 Å². The van der Waals surface area contributed by atoms with Gasteiger partial charge in [0.1, 0.15) is 13.5 Å². The second-order valence-electron chi connectivity index (χ2n) is 6.18. The molecule has 26 heavy (non-hydrogen) atoms. The lowest BCUT2D eigenvalue weighted by molar-refractivity contribution is 0.112. The number of benzene rings is 2. The molecule has 0 fully saturated rings. The van der Waals surface area contributed by atoms with Crippen molar-refractivity contribution < 1.29 is 14.3 Å². The maximum Gasteiger partial charge on any atom is 0.152 e. The molecule has 0 saturated heterocycles. The molecule has 2 aromatic heterocycles. The summed E-state index contributed by atoms with van der Waals surface area (Å²) in [6, 6.07) is 18.1. The molecule has 5 nitrogen and oxygen atoms in total. The van der Waals surface area contributed by atoms with E-state index < -0.39 is 0 Å². The van der Waals surface area contributed by atoms with Gasteiger partial charge in [-0.3, -0.25) is 4.79 Å². The predicted molar refractivity (Wildman–Crippen MR) is 102 cm³/mol. The predicted octanol–water partition coefficient (Wildman–Crippen LogP) is 4.28. The Morgan fingerprint density at radius 3 is 2.27 bits per heavy atom. The van der Waals surface area contributed by atoms with Gasteiger partial charge in [-0.05, 0) is 18.2 Å². The Morgan fingerprint density at radius 1 is 0.885 bits per heavy atom. The fraction of sp³-hybridized carbons (Fsp3) is 0.190. The second-order valence-corrected chi connectivity index (χ2v) is 6.18. The lowest BCUT2D eigenvalue weighted by atomic mass is 10.1. The van der Waals surface area contributed by atoms with Gasteiger partial charge in [-0.15, -0.1) is 0 Å². The van der Waals surface area contributed by atoms with Crippen LogP contribution >= 0.6 is 0 Å². The number of aromatic nitrogens is 2. The Bertz CT molecular complexity index is 1090. The summed E-state index contributed by atoms with van der Waals surface area (Å²) in [5.41, 5.74) is 4.48. The van der Waals surface area contributed by atoms with Gasteiger partial charge in [-0.25, -0.2) is 0 Å². The number of hydrogen-bond acceptors (Lipinski definition) is 3. The summed E-state index contributed by atoms with van der Waals surface area (Å²) in [6.45, 7) is 0.758. The number of para-hydroxylation sites is 2. The first-order valence-electron chi connectivity index (χ1n) is 8.43. The van der Waals surface area contributed by atoms with Gasteiger partial charge >= 0.3 is 0 Å². The molecule has 4 rings (SSSR count). The van der Waals surface area contributed by atoms with E-state index in [0.717, 1.165) is 39.5 Å². The maximum atomic E-state index is 12.0. The molecule has 0 unspecified atom stereocenters. The molecule has 5 heteroatoms. The molecular weight excluding hydrogens is 328 g/mol. The van der Waals surface area contributed by atoms with Crippen LogP contribution in [0.4, 0.5) is 0 Å². The number of rotatable bonds is 6. The van der Waals surface area contributed by atoms with Crippen molar-refractivity contribution >= 4 is 28.1 Å². The lowest BCUT2D eigenvalue weighted by Gasteiger charge is -2.14. The van der Waals surface area contributed by atoms with Crippen LogP contribution in [0.5, 0.6) is 0 Å². The number of fused-ring (bicyclic) bond motifs is 2. The van der Waals surface area contributed by atoms with Crippen molar-refractivity contribution in [1.29, 1.82) is 0 Å². The number of carbonyl (C=O) groups excluding carboxylic acids is 1. The monoisotopic (exact) mass is 348 g/mol. The van der Waals surface area contributed by atoms with Crippen LogP contribution in [0.3, 0.4) is 0 Å². The minimum atomic E-state index is 0.359. The van der Waals surface area contributed by atoms with Crippen molar-refractivity contribution in [3.8, 4) is 11.4 Å². The van der Waals surface area contributed by atoms with E-state index in [1.807, 2.05) is 41.0 Å². The van der Waals surface area contributed by atoms with Crippen molar-refractivity contribution in [2.24, 2.45) is 0 Å². The number of carbonyl (C=O) groups is 1. The summed E-state index contributed by atoms with van der Waals surface area (Å²) >= 11 is 0. The van der Waals surface area contributed by atoms with E-state index in [2.05, 4.69) is 22.8 Å². The minimum absolute atomic E-state index is 0.359. The molecule has 0 aliphatic rings. The first-order valence-corrected chi connectivity index (χ1v) is 8.43. The van der Waals surface area contributed by atoms with Gasteiger partial charge in [0, 0.05) is 30.6 Å². The summed E-state index contributed by atoms with van der Waals surface area (Å²) in [5, 5.41) is 2.02. The van der Waals surface area contributed by atoms with Crippen molar-refractivity contribution in [3.05, 3.63) is 60.2 Å². The molecule has 0 aliphatic carbocycles. The van der Waals surface area contributed by atoms with E-state index in [9.17, 15) is 4.79 Å². The number of nitrogens with zero attached hydrogens (tertiary/aromatic N) is 2. The van der Waals surface area contributed by atoms with Crippen molar-refractivity contribution in [2.45, 2.75) is 13.5 Å². The van der Waals surface area contributed by atoms with Crippen LogP contribution < -0.4 is 0 Å².